The number of rotatable bonds is 11. The summed E-state index contributed by atoms with van der Waals surface area (Å²) < 4.78 is 5.86. The zero-order valence-corrected chi connectivity index (χ0v) is 16.3. The van der Waals surface area contributed by atoms with Gasteiger partial charge < -0.3 is 9.84 Å². The summed E-state index contributed by atoms with van der Waals surface area (Å²) in [5.41, 5.74) is 2.58. The maximum Gasteiger partial charge on any atom is 0.0716 e. The molecule has 146 valence electrons. The highest BCUT2D eigenvalue weighted by Gasteiger charge is 2.31. The molecule has 27 heavy (non-hydrogen) atoms. The van der Waals surface area contributed by atoms with Crippen molar-refractivity contribution in [2.24, 2.45) is 5.92 Å². The van der Waals surface area contributed by atoms with Gasteiger partial charge >= 0.3 is 0 Å². The van der Waals surface area contributed by atoms with Gasteiger partial charge in [-0.2, -0.15) is 0 Å². The van der Waals surface area contributed by atoms with E-state index in [1.54, 1.807) is 0 Å². The molecule has 0 unspecified atom stereocenters. The summed E-state index contributed by atoms with van der Waals surface area (Å²) >= 11 is 0. The van der Waals surface area contributed by atoms with E-state index in [2.05, 4.69) is 59.5 Å². The van der Waals surface area contributed by atoms with E-state index in [4.69, 9.17) is 4.74 Å². The van der Waals surface area contributed by atoms with E-state index >= 15 is 0 Å². The van der Waals surface area contributed by atoms with Gasteiger partial charge in [0.05, 0.1) is 13.2 Å². The second kappa shape index (κ2) is 11.2. The number of aliphatic hydroxyl groups is 1. The van der Waals surface area contributed by atoms with Crippen molar-refractivity contribution >= 4 is 0 Å². The highest BCUT2D eigenvalue weighted by molar-refractivity contribution is 5.15. The quantitative estimate of drug-likeness (QED) is 0.587. The summed E-state index contributed by atoms with van der Waals surface area (Å²) in [6.45, 7) is 3.47. The predicted molar refractivity (Wildman–Crippen MR) is 110 cm³/mol. The molecule has 1 N–H and O–H groups in total. The molecule has 0 amide bonds. The van der Waals surface area contributed by atoms with Crippen molar-refractivity contribution in [1.29, 1.82) is 0 Å². The van der Waals surface area contributed by atoms with Crippen molar-refractivity contribution in [1.82, 2.24) is 4.90 Å². The molecule has 0 bridgehead atoms. The van der Waals surface area contributed by atoms with Crippen molar-refractivity contribution in [3.05, 3.63) is 71.8 Å². The Morgan fingerprint density at radius 1 is 0.926 bits per heavy atom. The van der Waals surface area contributed by atoms with E-state index in [1.807, 2.05) is 6.07 Å². The van der Waals surface area contributed by atoms with Gasteiger partial charge in [0, 0.05) is 25.7 Å². The maximum absolute atomic E-state index is 9.55. The summed E-state index contributed by atoms with van der Waals surface area (Å²) in [6.07, 6.45) is 6.20. The van der Waals surface area contributed by atoms with E-state index in [0.29, 0.717) is 12.6 Å². The van der Waals surface area contributed by atoms with Crippen LogP contribution in [0.1, 0.15) is 43.2 Å². The summed E-state index contributed by atoms with van der Waals surface area (Å²) in [7, 11) is 0. The van der Waals surface area contributed by atoms with Crippen molar-refractivity contribution in [3.63, 3.8) is 0 Å². The first-order valence-electron chi connectivity index (χ1n) is 10.4. The van der Waals surface area contributed by atoms with Crippen LogP contribution < -0.4 is 0 Å². The Morgan fingerprint density at radius 2 is 1.63 bits per heavy atom. The SMILES string of the molecule is OCCN(Cc1ccccc1)[C@H]1CCC[C@@H]1CCCOCc1ccccc1. The van der Waals surface area contributed by atoms with Crippen LogP contribution in [0.5, 0.6) is 0 Å². The molecule has 0 saturated heterocycles. The Morgan fingerprint density at radius 3 is 2.33 bits per heavy atom. The van der Waals surface area contributed by atoms with Gasteiger partial charge in [0.2, 0.25) is 0 Å². The Bertz CT molecular complexity index is 631. The van der Waals surface area contributed by atoms with Crippen LogP contribution >= 0.6 is 0 Å². The van der Waals surface area contributed by atoms with Crippen LogP contribution in [-0.4, -0.2) is 35.8 Å². The number of aliphatic hydroxyl groups excluding tert-OH is 1. The van der Waals surface area contributed by atoms with Crippen molar-refractivity contribution in [3.8, 4) is 0 Å². The molecule has 1 fully saturated rings. The van der Waals surface area contributed by atoms with Crippen LogP contribution in [0.2, 0.25) is 0 Å². The lowest BCUT2D eigenvalue weighted by atomic mass is 9.96. The fourth-order valence-corrected chi connectivity index (χ4v) is 4.36. The summed E-state index contributed by atoms with van der Waals surface area (Å²) in [5, 5.41) is 9.55. The third-order valence-electron chi connectivity index (χ3n) is 5.68. The van der Waals surface area contributed by atoms with E-state index in [-0.39, 0.29) is 6.61 Å². The minimum atomic E-state index is 0.232. The van der Waals surface area contributed by atoms with Crippen LogP contribution in [0.25, 0.3) is 0 Å². The van der Waals surface area contributed by atoms with Gasteiger partial charge in [-0.3, -0.25) is 4.90 Å². The Hall–Kier alpha value is -1.68. The Labute approximate surface area is 164 Å². The Balaban J connectivity index is 1.44. The topological polar surface area (TPSA) is 32.7 Å². The normalized spacial score (nSPS) is 19.6. The molecule has 0 heterocycles. The van der Waals surface area contributed by atoms with Crippen molar-refractivity contribution < 1.29 is 9.84 Å². The third kappa shape index (κ3) is 6.46. The molecule has 1 saturated carbocycles. The van der Waals surface area contributed by atoms with Crippen molar-refractivity contribution in [2.75, 3.05) is 19.8 Å². The third-order valence-corrected chi connectivity index (χ3v) is 5.68. The second-order valence-electron chi connectivity index (χ2n) is 7.62. The number of benzene rings is 2. The van der Waals surface area contributed by atoms with Gasteiger partial charge in [0.15, 0.2) is 0 Å². The molecule has 3 rings (SSSR count). The lowest BCUT2D eigenvalue weighted by molar-refractivity contribution is 0.0946. The number of nitrogens with zero attached hydrogens (tertiary/aromatic N) is 1. The molecular formula is C24H33NO2. The van der Waals surface area contributed by atoms with Crippen molar-refractivity contribution in [2.45, 2.75) is 51.3 Å². The van der Waals surface area contributed by atoms with Crippen LogP contribution in [0.3, 0.4) is 0 Å². The highest BCUT2D eigenvalue weighted by Crippen LogP contribution is 2.34. The van der Waals surface area contributed by atoms with Gasteiger partial charge in [-0.1, -0.05) is 67.1 Å². The van der Waals surface area contributed by atoms with Gasteiger partial charge in [0.25, 0.3) is 0 Å². The molecule has 1 aliphatic carbocycles. The van der Waals surface area contributed by atoms with E-state index in [9.17, 15) is 5.11 Å². The summed E-state index contributed by atoms with van der Waals surface area (Å²) in [5.74, 6) is 0.723. The Kier molecular flexibility index (Phi) is 8.34. The molecule has 1 aliphatic rings. The van der Waals surface area contributed by atoms with Crippen LogP contribution in [-0.2, 0) is 17.9 Å². The number of hydrogen-bond donors (Lipinski definition) is 1. The molecule has 0 aliphatic heterocycles. The molecule has 0 spiro atoms. The smallest absolute Gasteiger partial charge is 0.0716 e. The number of hydrogen-bond acceptors (Lipinski definition) is 3. The molecule has 0 aromatic heterocycles. The highest BCUT2D eigenvalue weighted by atomic mass is 16.5. The standard InChI is InChI=1S/C24H33NO2/c26-17-16-25(19-21-9-3-1-4-10-21)24-15-7-13-23(24)14-8-18-27-20-22-11-5-2-6-12-22/h1-6,9-12,23-24,26H,7-8,13-20H2/t23-,24+/m1/s1. The summed E-state index contributed by atoms with van der Waals surface area (Å²) in [6, 6.07) is 21.6. The molecular weight excluding hydrogens is 334 g/mol. The minimum absolute atomic E-state index is 0.232. The van der Waals surface area contributed by atoms with Crippen LogP contribution in [0.15, 0.2) is 60.7 Å². The average Bonchev–Trinajstić information content (AvgIpc) is 3.17. The van der Waals surface area contributed by atoms with E-state index in [1.165, 1.54) is 36.8 Å². The zero-order valence-electron chi connectivity index (χ0n) is 16.3. The molecule has 2 aromatic rings. The van der Waals surface area contributed by atoms with Gasteiger partial charge in [-0.15, -0.1) is 0 Å². The average molecular weight is 368 g/mol. The first-order valence-corrected chi connectivity index (χ1v) is 10.4. The van der Waals surface area contributed by atoms with Gasteiger partial charge in [-0.25, -0.2) is 0 Å². The largest absolute Gasteiger partial charge is 0.395 e. The molecule has 2 aromatic carbocycles. The molecule has 2 atom stereocenters. The monoisotopic (exact) mass is 367 g/mol. The van der Waals surface area contributed by atoms with E-state index < -0.39 is 0 Å². The van der Waals surface area contributed by atoms with Gasteiger partial charge in [-0.05, 0) is 42.7 Å². The molecule has 0 radical (unpaired) electrons. The van der Waals surface area contributed by atoms with E-state index in [0.717, 1.165) is 32.0 Å². The molecule has 3 heteroatoms. The second-order valence-corrected chi connectivity index (χ2v) is 7.62. The summed E-state index contributed by atoms with van der Waals surface area (Å²) in [4.78, 5) is 2.50. The lowest BCUT2D eigenvalue weighted by Crippen LogP contribution is -2.39. The van der Waals surface area contributed by atoms with Crippen LogP contribution in [0.4, 0.5) is 0 Å². The fourth-order valence-electron chi connectivity index (χ4n) is 4.36. The first-order chi connectivity index (χ1) is 13.4. The van der Waals surface area contributed by atoms with Crippen LogP contribution in [0, 0.1) is 5.92 Å². The predicted octanol–water partition coefficient (Wildman–Crippen LogP) is 4.65. The zero-order chi connectivity index (χ0) is 18.7. The lowest BCUT2D eigenvalue weighted by Gasteiger charge is -2.33. The minimum Gasteiger partial charge on any atom is -0.395 e. The fraction of sp³-hybridized carbons (Fsp3) is 0.500. The first kappa shape index (κ1) is 20.1. The molecule has 3 nitrogen and oxygen atoms in total. The number of ether oxygens (including phenoxy) is 1. The van der Waals surface area contributed by atoms with Gasteiger partial charge in [0.1, 0.15) is 0 Å². The maximum atomic E-state index is 9.55.